The van der Waals surface area contributed by atoms with Crippen molar-refractivity contribution in [3.05, 3.63) is 71.9 Å². The summed E-state index contributed by atoms with van der Waals surface area (Å²) in [4.78, 5) is 28.4. The van der Waals surface area contributed by atoms with Gasteiger partial charge in [0.05, 0.1) is 18.4 Å². The summed E-state index contributed by atoms with van der Waals surface area (Å²) in [5, 5.41) is 0. The summed E-state index contributed by atoms with van der Waals surface area (Å²) < 4.78 is 19.0. The van der Waals surface area contributed by atoms with Crippen LogP contribution in [0.1, 0.15) is 42.1 Å². The van der Waals surface area contributed by atoms with Crippen LogP contribution in [0.15, 0.2) is 55.0 Å². The first-order valence-corrected chi connectivity index (χ1v) is 11.0. The summed E-state index contributed by atoms with van der Waals surface area (Å²) in [7, 11) is 0. The van der Waals surface area contributed by atoms with Crippen molar-refractivity contribution in [3.8, 4) is 17.3 Å². The number of amides is 1. The van der Waals surface area contributed by atoms with Gasteiger partial charge in [0, 0.05) is 42.5 Å². The lowest BCUT2D eigenvalue weighted by molar-refractivity contribution is 0.0392. The molecule has 1 aliphatic rings. The van der Waals surface area contributed by atoms with Crippen LogP contribution in [0.2, 0.25) is 0 Å². The summed E-state index contributed by atoms with van der Waals surface area (Å²) in [6.45, 7) is 5.21. The first-order valence-electron chi connectivity index (χ1n) is 11.0. The fourth-order valence-corrected chi connectivity index (χ4v) is 4.40. The molecule has 1 aromatic carbocycles. The highest BCUT2D eigenvalue weighted by molar-refractivity contribution is 6.00. The average Bonchev–Trinajstić information content (AvgIpc) is 2.83. The normalized spacial score (nSPS) is 18.4. The first-order chi connectivity index (χ1) is 15.6. The minimum absolute atomic E-state index is 0.00684. The smallest absolute Gasteiger partial charge is 0.254 e. The third-order valence-corrected chi connectivity index (χ3v) is 5.96. The number of halogens is 1. The van der Waals surface area contributed by atoms with E-state index in [2.05, 4.69) is 21.9 Å². The minimum atomic E-state index is -0.394. The van der Waals surface area contributed by atoms with E-state index in [1.165, 1.54) is 12.1 Å². The number of hydrogen-bond acceptors (Lipinski definition) is 5. The quantitative estimate of drug-likeness (QED) is 0.563. The van der Waals surface area contributed by atoms with E-state index in [4.69, 9.17) is 4.74 Å². The molecule has 0 saturated carbocycles. The van der Waals surface area contributed by atoms with E-state index in [1.54, 1.807) is 18.5 Å². The summed E-state index contributed by atoms with van der Waals surface area (Å²) in [5.74, 6) is 0.711. The predicted molar refractivity (Wildman–Crippen MR) is 120 cm³/mol. The minimum Gasteiger partial charge on any atom is -0.477 e. The lowest BCUT2D eigenvalue weighted by Crippen LogP contribution is -2.49. The van der Waals surface area contributed by atoms with Crippen molar-refractivity contribution in [2.75, 3.05) is 13.2 Å². The van der Waals surface area contributed by atoms with Crippen molar-refractivity contribution in [1.29, 1.82) is 0 Å². The summed E-state index contributed by atoms with van der Waals surface area (Å²) in [6, 6.07) is 10.5. The highest BCUT2D eigenvalue weighted by Gasteiger charge is 2.35. The van der Waals surface area contributed by atoms with E-state index in [0.29, 0.717) is 30.4 Å². The highest BCUT2D eigenvalue weighted by Crippen LogP contribution is 2.30. The second-order valence-corrected chi connectivity index (χ2v) is 8.12. The average molecular weight is 435 g/mol. The second kappa shape index (κ2) is 9.85. The Balaban J connectivity index is 1.56. The number of piperidine rings is 1. The molecule has 3 heterocycles. The van der Waals surface area contributed by atoms with Gasteiger partial charge in [0.2, 0.25) is 5.88 Å². The van der Waals surface area contributed by atoms with Crippen LogP contribution in [-0.2, 0) is 0 Å². The Morgan fingerprint density at radius 3 is 2.72 bits per heavy atom. The number of carbonyl (C=O) groups is 1. The molecule has 32 heavy (non-hydrogen) atoms. The van der Waals surface area contributed by atoms with Crippen molar-refractivity contribution < 1.29 is 13.9 Å². The Morgan fingerprint density at radius 2 is 2.00 bits per heavy atom. The molecule has 0 N–H and O–H groups in total. The third kappa shape index (κ3) is 4.77. The molecular weight excluding hydrogens is 407 g/mol. The fourth-order valence-electron chi connectivity index (χ4n) is 4.40. The maximum absolute atomic E-state index is 13.7. The number of nitrogens with zero attached hydrogens (tertiary/aromatic N) is 4. The second-order valence-electron chi connectivity index (χ2n) is 8.12. The number of aryl methyl sites for hydroxylation is 1. The van der Waals surface area contributed by atoms with E-state index < -0.39 is 5.82 Å². The van der Waals surface area contributed by atoms with Crippen molar-refractivity contribution in [3.63, 3.8) is 0 Å². The van der Waals surface area contributed by atoms with Crippen LogP contribution < -0.4 is 4.74 Å². The number of hydrogen-bond donors (Lipinski definition) is 0. The molecule has 0 radical (unpaired) electrons. The molecule has 0 bridgehead atoms. The first kappa shape index (κ1) is 21.9. The molecule has 0 aliphatic carbocycles. The maximum atomic E-state index is 13.7. The van der Waals surface area contributed by atoms with E-state index in [0.717, 1.165) is 36.6 Å². The van der Waals surface area contributed by atoms with Crippen molar-refractivity contribution in [1.82, 2.24) is 19.9 Å². The molecule has 1 aliphatic heterocycles. The molecular formula is C25H27FN4O2. The van der Waals surface area contributed by atoms with Crippen LogP contribution >= 0.6 is 0 Å². The Labute approximate surface area is 187 Å². The standard InChI is InChI=1S/C25H27FN4O2/c1-3-22-18(16-32-23-10-8-19(26)15-29-23)6-4-13-30(22)25(31)21-14-17(2)7-9-20(21)24-27-11-5-12-28-24/h5,7-12,14-15,18,22H,3-4,6,13,16H2,1-2H3/t18-,22?/m0/s1. The van der Waals surface area contributed by atoms with Gasteiger partial charge in [-0.2, -0.15) is 0 Å². The summed E-state index contributed by atoms with van der Waals surface area (Å²) >= 11 is 0. The Morgan fingerprint density at radius 1 is 1.19 bits per heavy atom. The van der Waals surface area contributed by atoms with Gasteiger partial charge in [-0.05, 0) is 44.4 Å². The number of rotatable bonds is 6. The Kier molecular flexibility index (Phi) is 6.73. The zero-order chi connectivity index (χ0) is 22.5. The van der Waals surface area contributed by atoms with E-state index >= 15 is 0 Å². The third-order valence-electron chi connectivity index (χ3n) is 5.96. The lowest BCUT2D eigenvalue weighted by atomic mass is 9.87. The van der Waals surface area contributed by atoms with Gasteiger partial charge < -0.3 is 9.64 Å². The number of aromatic nitrogens is 3. The molecule has 2 atom stereocenters. The van der Waals surface area contributed by atoms with Gasteiger partial charge in [0.1, 0.15) is 5.82 Å². The molecule has 6 nitrogen and oxygen atoms in total. The van der Waals surface area contributed by atoms with Gasteiger partial charge in [0.25, 0.3) is 5.91 Å². The lowest BCUT2D eigenvalue weighted by Gasteiger charge is -2.41. The highest BCUT2D eigenvalue weighted by atomic mass is 19.1. The van der Waals surface area contributed by atoms with Gasteiger partial charge >= 0.3 is 0 Å². The number of likely N-dealkylation sites (tertiary alicyclic amines) is 1. The van der Waals surface area contributed by atoms with Crippen molar-refractivity contribution >= 4 is 5.91 Å². The zero-order valence-corrected chi connectivity index (χ0v) is 18.4. The van der Waals surface area contributed by atoms with Crippen LogP contribution in [0.3, 0.4) is 0 Å². The summed E-state index contributed by atoms with van der Waals surface area (Å²) in [5.41, 5.74) is 2.38. The predicted octanol–water partition coefficient (Wildman–Crippen LogP) is 4.70. The van der Waals surface area contributed by atoms with E-state index in [9.17, 15) is 9.18 Å². The molecule has 1 saturated heterocycles. The Hall–Kier alpha value is -3.35. The van der Waals surface area contributed by atoms with Crippen molar-refractivity contribution in [2.24, 2.45) is 5.92 Å². The molecule has 166 valence electrons. The monoisotopic (exact) mass is 434 g/mol. The van der Waals surface area contributed by atoms with E-state index in [1.807, 2.05) is 30.0 Å². The van der Waals surface area contributed by atoms with Crippen LogP contribution in [0.4, 0.5) is 4.39 Å². The van der Waals surface area contributed by atoms with Crippen molar-refractivity contribution in [2.45, 2.75) is 39.2 Å². The van der Waals surface area contributed by atoms with Gasteiger partial charge in [0.15, 0.2) is 5.82 Å². The summed E-state index contributed by atoms with van der Waals surface area (Å²) in [6.07, 6.45) is 7.20. The Bertz CT molecular complexity index is 1060. The molecule has 2 aromatic heterocycles. The fraction of sp³-hybridized carbons (Fsp3) is 0.360. The number of carbonyl (C=O) groups excluding carboxylic acids is 1. The molecule has 1 unspecified atom stereocenters. The van der Waals surface area contributed by atoms with Gasteiger partial charge in [-0.15, -0.1) is 0 Å². The molecule has 4 rings (SSSR count). The maximum Gasteiger partial charge on any atom is 0.254 e. The van der Waals surface area contributed by atoms with Gasteiger partial charge in [-0.25, -0.2) is 19.3 Å². The number of pyridine rings is 1. The largest absolute Gasteiger partial charge is 0.477 e. The van der Waals surface area contributed by atoms with Gasteiger partial charge in [-0.1, -0.05) is 24.6 Å². The molecule has 3 aromatic rings. The SMILES string of the molecule is CCC1[C@H](COc2ccc(F)cn2)CCCN1C(=O)c1cc(C)ccc1-c1ncccn1. The molecule has 1 amide bonds. The molecule has 7 heteroatoms. The van der Waals surface area contributed by atoms with Crippen LogP contribution in [-0.4, -0.2) is 45.0 Å². The van der Waals surface area contributed by atoms with Crippen LogP contribution in [0.25, 0.3) is 11.4 Å². The number of ether oxygens (including phenoxy) is 1. The number of benzene rings is 1. The molecule has 0 spiro atoms. The topological polar surface area (TPSA) is 68.2 Å². The van der Waals surface area contributed by atoms with E-state index in [-0.39, 0.29) is 17.9 Å². The van der Waals surface area contributed by atoms with Crippen LogP contribution in [0, 0.1) is 18.7 Å². The molecule has 1 fully saturated rings. The van der Waals surface area contributed by atoms with Crippen LogP contribution in [0.5, 0.6) is 5.88 Å². The zero-order valence-electron chi connectivity index (χ0n) is 18.4. The van der Waals surface area contributed by atoms with Gasteiger partial charge in [-0.3, -0.25) is 4.79 Å².